The van der Waals surface area contributed by atoms with E-state index in [0.717, 1.165) is 26.4 Å². The smallest absolute Gasteiger partial charge is 0.175 e. The molecule has 0 unspecified atom stereocenters. The van der Waals surface area contributed by atoms with E-state index in [4.69, 9.17) is 23.8 Å². The number of hydrogen-bond acceptors (Lipinski definition) is 1. The summed E-state index contributed by atoms with van der Waals surface area (Å²) in [6, 6.07) is 13.5. The van der Waals surface area contributed by atoms with E-state index in [-0.39, 0.29) is 0 Å². The van der Waals surface area contributed by atoms with Crippen molar-refractivity contribution >= 4 is 56.2 Å². The molecule has 0 heterocycles. The number of benzene rings is 2. The summed E-state index contributed by atoms with van der Waals surface area (Å²) in [6.07, 6.45) is 0. The SMILES string of the molecule is Cc1ccc(NC(=S)Nc2cccc(Br)c2)cc1Cl. The molecular weight excluding hydrogens is 344 g/mol. The Balaban J connectivity index is 2.03. The van der Waals surface area contributed by atoms with Gasteiger partial charge in [0.25, 0.3) is 0 Å². The third-order valence-electron chi connectivity index (χ3n) is 2.51. The van der Waals surface area contributed by atoms with Crippen LogP contribution in [0.1, 0.15) is 5.56 Å². The van der Waals surface area contributed by atoms with E-state index in [1.54, 1.807) is 0 Å². The van der Waals surface area contributed by atoms with Crippen LogP contribution < -0.4 is 10.6 Å². The van der Waals surface area contributed by atoms with Gasteiger partial charge in [0.05, 0.1) is 0 Å². The number of rotatable bonds is 2. The quantitative estimate of drug-likeness (QED) is 0.722. The maximum absolute atomic E-state index is 6.07. The number of thiocarbonyl (C=S) groups is 1. The van der Waals surface area contributed by atoms with Gasteiger partial charge in [-0.05, 0) is 55.0 Å². The van der Waals surface area contributed by atoms with E-state index >= 15 is 0 Å². The molecule has 2 rings (SSSR count). The topological polar surface area (TPSA) is 24.1 Å². The van der Waals surface area contributed by atoms with Crippen LogP contribution in [0, 0.1) is 6.92 Å². The number of halogens is 2. The Kier molecular flexibility index (Phi) is 4.80. The highest BCUT2D eigenvalue weighted by Crippen LogP contribution is 2.20. The minimum atomic E-state index is 0.526. The molecule has 2 nitrogen and oxygen atoms in total. The van der Waals surface area contributed by atoms with E-state index < -0.39 is 0 Å². The van der Waals surface area contributed by atoms with Crippen molar-refractivity contribution in [2.75, 3.05) is 10.6 Å². The molecule has 19 heavy (non-hydrogen) atoms. The minimum Gasteiger partial charge on any atom is -0.332 e. The largest absolute Gasteiger partial charge is 0.332 e. The summed E-state index contributed by atoms with van der Waals surface area (Å²) in [5.74, 6) is 0. The predicted molar refractivity (Wildman–Crippen MR) is 90.2 cm³/mol. The molecule has 0 aliphatic heterocycles. The van der Waals surface area contributed by atoms with Crippen molar-refractivity contribution in [3.05, 3.63) is 57.5 Å². The zero-order chi connectivity index (χ0) is 13.8. The van der Waals surface area contributed by atoms with Crippen LogP contribution in [-0.2, 0) is 0 Å². The van der Waals surface area contributed by atoms with Crippen LogP contribution in [0.2, 0.25) is 5.02 Å². The molecular formula is C14H12BrClN2S. The Morgan fingerprint density at radius 3 is 2.42 bits per heavy atom. The molecule has 0 amide bonds. The highest BCUT2D eigenvalue weighted by molar-refractivity contribution is 9.10. The van der Waals surface area contributed by atoms with Gasteiger partial charge in [-0.25, -0.2) is 0 Å². The molecule has 0 fully saturated rings. The lowest BCUT2D eigenvalue weighted by Gasteiger charge is -2.11. The molecule has 5 heteroatoms. The molecule has 0 saturated heterocycles. The van der Waals surface area contributed by atoms with Gasteiger partial charge in [-0.1, -0.05) is 39.7 Å². The van der Waals surface area contributed by atoms with E-state index in [9.17, 15) is 0 Å². The molecule has 0 spiro atoms. The second-order valence-corrected chi connectivity index (χ2v) is 5.78. The molecule has 0 radical (unpaired) electrons. The summed E-state index contributed by atoms with van der Waals surface area (Å²) in [6.45, 7) is 1.96. The first-order chi connectivity index (χ1) is 9.04. The predicted octanol–water partition coefficient (Wildman–Crippen LogP) is 5.22. The monoisotopic (exact) mass is 354 g/mol. The van der Waals surface area contributed by atoms with Crippen LogP contribution >= 0.6 is 39.7 Å². The lowest BCUT2D eigenvalue weighted by Crippen LogP contribution is -2.19. The molecule has 0 saturated carbocycles. The van der Waals surface area contributed by atoms with Crippen LogP contribution in [-0.4, -0.2) is 5.11 Å². The van der Waals surface area contributed by atoms with Gasteiger partial charge in [0.15, 0.2) is 5.11 Å². The molecule has 98 valence electrons. The summed E-state index contributed by atoms with van der Waals surface area (Å²) in [5, 5.41) is 7.45. The van der Waals surface area contributed by atoms with Crippen LogP contribution in [0.5, 0.6) is 0 Å². The van der Waals surface area contributed by atoms with Crippen molar-refractivity contribution in [2.45, 2.75) is 6.92 Å². The molecule has 0 aliphatic rings. The van der Waals surface area contributed by atoms with E-state index in [1.807, 2.05) is 49.4 Å². The summed E-state index contributed by atoms with van der Waals surface area (Å²) in [4.78, 5) is 0. The fraction of sp³-hybridized carbons (Fsp3) is 0.0714. The standard InChI is InChI=1S/C14H12BrClN2S/c1-9-5-6-12(8-13(9)16)18-14(19)17-11-4-2-3-10(15)7-11/h2-8H,1H3,(H2,17,18,19). The van der Waals surface area contributed by atoms with Gasteiger partial charge in [0, 0.05) is 20.9 Å². The summed E-state index contributed by atoms with van der Waals surface area (Å²) in [5.41, 5.74) is 2.83. The van der Waals surface area contributed by atoms with Gasteiger partial charge in [-0.15, -0.1) is 0 Å². The van der Waals surface area contributed by atoms with Crippen LogP contribution in [0.15, 0.2) is 46.9 Å². The zero-order valence-electron chi connectivity index (χ0n) is 10.2. The van der Waals surface area contributed by atoms with Crippen LogP contribution in [0.3, 0.4) is 0 Å². The lowest BCUT2D eigenvalue weighted by atomic mass is 10.2. The van der Waals surface area contributed by atoms with E-state index in [1.165, 1.54) is 0 Å². The Morgan fingerprint density at radius 2 is 1.79 bits per heavy atom. The zero-order valence-corrected chi connectivity index (χ0v) is 13.4. The third-order valence-corrected chi connectivity index (χ3v) is 3.62. The summed E-state index contributed by atoms with van der Waals surface area (Å²) < 4.78 is 0.999. The van der Waals surface area contributed by atoms with Gasteiger partial charge < -0.3 is 10.6 Å². The van der Waals surface area contributed by atoms with E-state index in [0.29, 0.717) is 5.11 Å². The number of hydrogen-bond donors (Lipinski definition) is 2. The van der Waals surface area contributed by atoms with Crippen molar-refractivity contribution < 1.29 is 0 Å². The van der Waals surface area contributed by atoms with E-state index in [2.05, 4.69) is 26.6 Å². The molecule has 0 atom stereocenters. The van der Waals surface area contributed by atoms with Gasteiger partial charge in [0.2, 0.25) is 0 Å². The fourth-order valence-electron chi connectivity index (χ4n) is 1.53. The molecule has 2 aromatic rings. The molecule has 2 aromatic carbocycles. The fourth-order valence-corrected chi connectivity index (χ4v) is 2.35. The van der Waals surface area contributed by atoms with Crippen molar-refractivity contribution in [2.24, 2.45) is 0 Å². The van der Waals surface area contributed by atoms with Crippen molar-refractivity contribution in [3.8, 4) is 0 Å². The molecule has 2 N–H and O–H groups in total. The van der Waals surface area contributed by atoms with Crippen molar-refractivity contribution in [3.63, 3.8) is 0 Å². The maximum Gasteiger partial charge on any atom is 0.175 e. The third kappa shape index (κ3) is 4.20. The summed E-state index contributed by atoms with van der Waals surface area (Å²) >= 11 is 14.7. The van der Waals surface area contributed by atoms with Crippen LogP contribution in [0.25, 0.3) is 0 Å². The Labute approximate surface area is 131 Å². The highest BCUT2D eigenvalue weighted by atomic mass is 79.9. The molecule has 0 aliphatic carbocycles. The van der Waals surface area contributed by atoms with Gasteiger partial charge in [-0.2, -0.15) is 0 Å². The molecule has 0 bridgehead atoms. The van der Waals surface area contributed by atoms with Gasteiger partial charge in [0.1, 0.15) is 0 Å². The Hall–Kier alpha value is -1.10. The highest BCUT2D eigenvalue weighted by Gasteiger charge is 2.01. The second-order valence-electron chi connectivity index (χ2n) is 4.05. The van der Waals surface area contributed by atoms with Crippen molar-refractivity contribution in [1.82, 2.24) is 0 Å². The number of nitrogens with one attached hydrogen (secondary N) is 2. The number of aryl methyl sites for hydroxylation is 1. The number of anilines is 2. The average Bonchev–Trinajstić information content (AvgIpc) is 2.34. The maximum atomic E-state index is 6.07. The van der Waals surface area contributed by atoms with Crippen molar-refractivity contribution in [1.29, 1.82) is 0 Å². The first-order valence-corrected chi connectivity index (χ1v) is 7.22. The Morgan fingerprint density at radius 1 is 1.11 bits per heavy atom. The lowest BCUT2D eigenvalue weighted by molar-refractivity contribution is 1.46. The summed E-state index contributed by atoms with van der Waals surface area (Å²) in [7, 11) is 0. The molecule has 0 aromatic heterocycles. The first kappa shape index (κ1) is 14.3. The second kappa shape index (κ2) is 6.37. The average molecular weight is 356 g/mol. The van der Waals surface area contributed by atoms with Gasteiger partial charge >= 0.3 is 0 Å². The first-order valence-electron chi connectivity index (χ1n) is 5.64. The van der Waals surface area contributed by atoms with Crippen LogP contribution in [0.4, 0.5) is 11.4 Å². The van der Waals surface area contributed by atoms with Gasteiger partial charge in [-0.3, -0.25) is 0 Å². The normalized spacial score (nSPS) is 10.1. The minimum absolute atomic E-state index is 0.526. The Bertz CT molecular complexity index is 616.